The summed E-state index contributed by atoms with van der Waals surface area (Å²) in [5.74, 6) is 0. The molecule has 0 aliphatic rings. The second-order valence-electron chi connectivity index (χ2n) is 1.31. The van der Waals surface area contributed by atoms with E-state index in [1.165, 1.54) is 5.54 Å². The molecule has 42 valence electrons. The quantitative estimate of drug-likeness (QED) is 0.551. The number of hydrogen-bond donors (Lipinski definition) is 0. The third-order valence-corrected chi connectivity index (χ3v) is 1.28. The highest BCUT2D eigenvalue weighted by molar-refractivity contribution is 6.36. The Balaban J connectivity index is 3.17. The molecule has 0 fully saturated rings. The summed E-state index contributed by atoms with van der Waals surface area (Å²) in [5, 5.41) is 0.740. The molecule has 0 rings (SSSR count). The predicted molar refractivity (Wildman–Crippen MR) is 34.7 cm³/mol. The van der Waals surface area contributed by atoms with Crippen molar-refractivity contribution >= 4 is 23.2 Å². The van der Waals surface area contributed by atoms with E-state index in [9.17, 15) is 0 Å². The number of rotatable bonds is 2. The molecule has 2 heteroatoms. The lowest BCUT2D eigenvalue weighted by atomic mass is 10.3. The maximum Gasteiger partial charge on any atom is 0.0293 e. The first-order valence-electron chi connectivity index (χ1n) is 2.26. The van der Waals surface area contributed by atoms with Crippen molar-refractivity contribution in [2.24, 2.45) is 0 Å². The van der Waals surface area contributed by atoms with Gasteiger partial charge in [0.15, 0.2) is 0 Å². The Morgan fingerprint density at radius 3 is 2.43 bits per heavy atom. The zero-order valence-corrected chi connectivity index (χ0v) is 5.76. The molecule has 0 bridgehead atoms. The second kappa shape index (κ2) is 4.48. The van der Waals surface area contributed by atoms with Crippen LogP contribution in [0.3, 0.4) is 0 Å². The van der Waals surface area contributed by atoms with Gasteiger partial charge in [0.05, 0.1) is 0 Å². The first kappa shape index (κ1) is 7.32. The van der Waals surface area contributed by atoms with E-state index in [1.807, 2.05) is 0 Å². The fraction of sp³-hybridized carbons (Fsp3) is 0.600. The van der Waals surface area contributed by atoms with Crippen LogP contribution in [0.15, 0.2) is 10.6 Å². The van der Waals surface area contributed by atoms with Gasteiger partial charge in [0.2, 0.25) is 0 Å². The van der Waals surface area contributed by atoms with Crippen molar-refractivity contribution in [2.75, 3.05) is 0 Å². The fourth-order valence-corrected chi connectivity index (χ4v) is 0.591. The first-order valence-corrected chi connectivity index (χ1v) is 3.07. The molecule has 0 atom stereocenters. The lowest BCUT2D eigenvalue weighted by Crippen LogP contribution is -1.65. The average Bonchev–Trinajstić information content (AvgIpc) is 1.68. The van der Waals surface area contributed by atoms with Gasteiger partial charge in [0.1, 0.15) is 0 Å². The van der Waals surface area contributed by atoms with Crippen molar-refractivity contribution in [1.82, 2.24) is 0 Å². The van der Waals surface area contributed by atoms with Gasteiger partial charge >= 0.3 is 0 Å². The molecule has 0 saturated carbocycles. The third kappa shape index (κ3) is 4.17. The largest absolute Gasteiger partial charge is 0.0917 e. The van der Waals surface area contributed by atoms with E-state index in [0.29, 0.717) is 0 Å². The highest BCUT2D eigenvalue weighted by Gasteiger charge is 1.84. The molecule has 7 heavy (non-hydrogen) atoms. The van der Waals surface area contributed by atoms with E-state index < -0.39 is 0 Å². The Hall–Kier alpha value is 0.320. The van der Waals surface area contributed by atoms with Gasteiger partial charge in [-0.25, -0.2) is 0 Å². The van der Waals surface area contributed by atoms with Crippen LogP contribution in [0.1, 0.15) is 19.8 Å². The van der Waals surface area contributed by atoms with Crippen molar-refractivity contribution in [3.63, 3.8) is 0 Å². The topological polar surface area (TPSA) is 0 Å². The summed E-state index contributed by atoms with van der Waals surface area (Å²) < 4.78 is 0. The molecule has 0 aromatic carbocycles. The molecule has 0 nitrogen and oxygen atoms in total. The van der Waals surface area contributed by atoms with Crippen LogP contribution in [0.25, 0.3) is 0 Å². The molecule has 0 amide bonds. The zero-order chi connectivity index (χ0) is 5.70. The van der Waals surface area contributed by atoms with Gasteiger partial charge in [-0.1, -0.05) is 36.5 Å². The highest BCUT2D eigenvalue weighted by atomic mass is 35.5. The molecule has 0 N–H and O–H groups in total. The lowest BCUT2D eigenvalue weighted by Gasteiger charge is -1.86. The van der Waals surface area contributed by atoms with Crippen LogP contribution in [0.4, 0.5) is 0 Å². The predicted octanol–water partition coefficient (Wildman–Crippen LogP) is 3.11. The van der Waals surface area contributed by atoms with Gasteiger partial charge in [-0.2, -0.15) is 0 Å². The average molecular weight is 139 g/mol. The van der Waals surface area contributed by atoms with Gasteiger partial charge in [-0.15, -0.1) is 0 Å². The first-order chi connectivity index (χ1) is 3.31. The highest BCUT2D eigenvalue weighted by Crippen LogP contribution is 2.09. The summed E-state index contributed by atoms with van der Waals surface area (Å²) in [5.41, 5.74) is 1.41. The van der Waals surface area contributed by atoms with Crippen molar-refractivity contribution in [3.8, 4) is 0 Å². The third-order valence-electron chi connectivity index (χ3n) is 0.607. The summed E-state index contributed by atoms with van der Waals surface area (Å²) in [6.45, 7) is 2.06. The van der Waals surface area contributed by atoms with E-state index >= 15 is 0 Å². The Bertz CT molecular complexity index is 66.5. The molecule has 0 heterocycles. The Morgan fingerprint density at radius 2 is 2.29 bits per heavy atom. The van der Waals surface area contributed by atoms with Gasteiger partial charge in [-0.3, -0.25) is 0 Å². The SMILES string of the molecule is CCCC(Cl)=CCl. The van der Waals surface area contributed by atoms with Gasteiger partial charge < -0.3 is 0 Å². The zero-order valence-electron chi connectivity index (χ0n) is 4.25. The summed E-state index contributed by atoms with van der Waals surface area (Å²) in [4.78, 5) is 0. The van der Waals surface area contributed by atoms with Gasteiger partial charge in [0.25, 0.3) is 0 Å². The van der Waals surface area contributed by atoms with Crippen LogP contribution < -0.4 is 0 Å². The monoisotopic (exact) mass is 138 g/mol. The lowest BCUT2D eigenvalue weighted by molar-refractivity contribution is 0.946. The van der Waals surface area contributed by atoms with Gasteiger partial charge in [0, 0.05) is 10.6 Å². The van der Waals surface area contributed by atoms with Crippen molar-refractivity contribution in [1.29, 1.82) is 0 Å². The van der Waals surface area contributed by atoms with E-state index in [4.69, 9.17) is 23.2 Å². The number of halogens is 2. The van der Waals surface area contributed by atoms with E-state index in [-0.39, 0.29) is 0 Å². The smallest absolute Gasteiger partial charge is 0.0293 e. The summed E-state index contributed by atoms with van der Waals surface area (Å²) >= 11 is 10.7. The normalized spacial score (nSPS) is 12.1. The van der Waals surface area contributed by atoms with Crippen molar-refractivity contribution in [2.45, 2.75) is 19.8 Å². The van der Waals surface area contributed by atoms with E-state index in [0.717, 1.165) is 17.9 Å². The second-order valence-corrected chi connectivity index (χ2v) is 2.01. The molecule has 0 spiro atoms. The molecule has 0 aliphatic heterocycles. The molecule has 0 aromatic heterocycles. The van der Waals surface area contributed by atoms with Gasteiger partial charge in [-0.05, 0) is 6.42 Å². The molecule has 0 saturated heterocycles. The van der Waals surface area contributed by atoms with Crippen LogP contribution in [-0.2, 0) is 0 Å². The minimum absolute atomic E-state index is 0.740. The molecule has 0 unspecified atom stereocenters. The molecule has 0 aliphatic carbocycles. The van der Waals surface area contributed by atoms with Crippen LogP contribution in [0.2, 0.25) is 0 Å². The maximum absolute atomic E-state index is 5.49. The molecule has 0 radical (unpaired) electrons. The number of hydrogen-bond acceptors (Lipinski definition) is 0. The fourth-order valence-electron chi connectivity index (χ4n) is 0.293. The van der Waals surface area contributed by atoms with E-state index in [2.05, 4.69) is 6.92 Å². The molecular formula is C5H8Cl2. The van der Waals surface area contributed by atoms with Crippen molar-refractivity contribution < 1.29 is 0 Å². The minimum atomic E-state index is 0.740. The van der Waals surface area contributed by atoms with E-state index in [1.54, 1.807) is 0 Å². The standard InChI is InChI=1S/C5H8Cl2/c1-2-3-5(7)4-6/h4H,2-3H2,1H3. The Morgan fingerprint density at radius 1 is 1.71 bits per heavy atom. The summed E-state index contributed by atoms with van der Waals surface area (Å²) in [6, 6.07) is 0. The van der Waals surface area contributed by atoms with Crippen LogP contribution in [0.5, 0.6) is 0 Å². The number of allylic oxidation sites excluding steroid dienone is 1. The van der Waals surface area contributed by atoms with Crippen LogP contribution in [-0.4, -0.2) is 0 Å². The van der Waals surface area contributed by atoms with Crippen molar-refractivity contribution in [3.05, 3.63) is 10.6 Å². The molecule has 0 aromatic rings. The summed E-state index contributed by atoms with van der Waals surface area (Å²) in [7, 11) is 0. The summed E-state index contributed by atoms with van der Waals surface area (Å²) in [6.07, 6.45) is 1.95. The minimum Gasteiger partial charge on any atom is -0.0917 e. The Kier molecular flexibility index (Phi) is 4.68. The maximum atomic E-state index is 5.49. The molecular weight excluding hydrogens is 131 g/mol. The van der Waals surface area contributed by atoms with Crippen LogP contribution in [0, 0.1) is 0 Å². The van der Waals surface area contributed by atoms with Crippen LogP contribution >= 0.6 is 23.2 Å². The Labute approximate surface area is 54.1 Å².